The van der Waals surface area contributed by atoms with Crippen molar-refractivity contribution in [1.82, 2.24) is 9.78 Å². The molecule has 1 atom stereocenters. The normalized spacial score (nSPS) is 14.6. The highest BCUT2D eigenvalue weighted by atomic mass is 32.1. The summed E-state index contributed by atoms with van der Waals surface area (Å²) in [6.07, 6.45) is 1.05. The Morgan fingerprint density at radius 3 is 2.74 bits per heavy atom. The van der Waals surface area contributed by atoms with E-state index in [1.54, 1.807) is 16.0 Å². The van der Waals surface area contributed by atoms with Crippen LogP contribution in [0.3, 0.4) is 0 Å². The van der Waals surface area contributed by atoms with Crippen molar-refractivity contribution >= 4 is 17.3 Å². The van der Waals surface area contributed by atoms with Crippen LogP contribution in [0.15, 0.2) is 35.0 Å². The number of hydrogen-bond acceptors (Lipinski definition) is 6. The second-order valence-corrected chi connectivity index (χ2v) is 9.43. The van der Waals surface area contributed by atoms with Crippen molar-refractivity contribution in [2.75, 3.05) is 13.7 Å². The zero-order valence-electron chi connectivity index (χ0n) is 18.6. The maximum absolute atomic E-state index is 12.8. The first-order valence-corrected chi connectivity index (χ1v) is 11.3. The molecule has 31 heavy (non-hydrogen) atoms. The van der Waals surface area contributed by atoms with Gasteiger partial charge in [0.1, 0.15) is 11.4 Å². The van der Waals surface area contributed by atoms with E-state index in [0.717, 1.165) is 47.6 Å². The van der Waals surface area contributed by atoms with Crippen LogP contribution in [0.5, 0.6) is 5.75 Å². The minimum atomic E-state index is -0.905. The molecule has 2 aromatic heterocycles. The first-order chi connectivity index (χ1) is 14.8. The summed E-state index contributed by atoms with van der Waals surface area (Å²) in [7, 11) is 3.23. The average Bonchev–Trinajstić information content (AvgIpc) is 3.38. The number of rotatable bonds is 5. The quantitative estimate of drug-likeness (QED) is 0.512. The van der Waals surface area contributed by atoms with Crippen molar-refractivity contribution in [3.05, 3.63) is 46.3 Å². The number of carbonyl (C=O) groups excluding carboxylic acids is 1. The Balaban J connectivity index is 1.94. The number of aromatic nitrogens is 2. The summed E-state index contributed by atoms with van der Waals surface area (Å²) in [4.78, 5) is 12.8. The number of carbonyl (C=O) groups is 1. The van der Waals surface area contributed by atoms with E-state index in [0.29, 0.717) is 5.69 Å². The molecule has 4 rings (SSSR count). The summed E-state index contributed by atoms with van der Waals surface area (Å²) >= 11 is 1.61. The summed E-state index contributed by atoms with van der Waals surface area (Å²) in [6, 6.07) is 8.23. The fraction of sp³-hybridized carbons (Fsp3) is 0.417. The van der Waals surface area contributed by atoms with E-state index in [2.05, 4.69) is 11.4 Å². The Morgan fingerprint density at radius 1 is 1.26 bits per heavy atom. The van der Waals surface area contributed by atoms with E-state index in [9.17, 15) is 4.79 Å². The summed E-state index contributed by atoms with van der Waals surface area (Å²) in [5.74, 6) is 0.477. The molecule has 1 aliphatic heterocycles. The fourth-order valence-electron chi connectivity index (χ4n) is 3.92. The molecule has 3 heterocycles. The third-order valence-corrected chi connectivity index (χ3v) is 5.90. The highest BCUT2D eigenvalue weighted by Crippen LogP contribution is 2.42. The van der Waals surface area contributed by atoms with Gasteiger partial charge in [-0.05, 0) is 68.3 Å². The molecule has 1 aromatic carbocycles. The van der Waals surface area contributed by atoms with Gasteiger partial charge in [0.2, 0.25) is 0 Å². The number of fused-ring (bicyclic) bond motifs is 1. The predicted octanol–water partition coefficient (Wildman–Crippen LogP) is 5.17. The lowest BCUT2D eigenvalue weighted by Crippen LogP contribution is -2.29. The van der Waals surface area contributed by atoms with Gasteiger partial charge in [0, 0.05) is 23.6 Å². The molecule has 3 aromatic rings. The number of hydrogen-bond donors (Lipinski definition) is 0. The van der Waals surface area contributed by atoms with Crippen molar-refractivity contribution in [1.29, 1.82) is 0 Å². The average molecular weight is 441 g/mol. The van der Waals surface area contributed by atoms with Crippen LogP contribution in [0.1, 0.15) is 44.6 Å². The molecule has 0 radical (unpaired) electrons. The third-order valence-electron chi connectivity index (χ3n) is 5.22. The summed E-state index contributed by atoms with van der Waals surface area (Å²) < 4.78 is 18.9. The van der Waals surface area contributed by atoms with E-state index in [4.69, 9.17) is 19.3 Å². The summed E-state index contributed by atoms with van der Waals surface area (Å²) in [5, 5.41) is 8.90. The molecule has 0 saturated heterocycles. The predicted molar refractivity (Wildman–Crippen MR) is 121 cm³/mol. The Morgan fingerprint density at radius 2 is 2.06 bits per heavy atom. The topological polar surface area (TPSA) is 62.6 Å². The van der Waals surface area contributed by atoms with E-state index in [-0.39, 0.29) is 0 Å². The van der Waals surface area contributed by atoms with Crippen molar-refractivity contribution in [3.63, 3.8) is 0 Å². The van der Waals surface area contributed by atoms with Gasteiger partial charge in [0.15, 0.2) is 6.10 Å². The number of esters is 1. The van der Waals surface area contributed by atoms with Crippen molar-refractivity contribution in [2.24, 2.45) is 7.05 Å². The lowest BCUT2D eigenvalue weighted by atomic mass is 9.94. The maximum Gasteiger partial charge on any atom is 0.341 e. The highest BCUT2D eigenvalue weighted by Gasteiger charge is 2.35. The molecule has 0 bridgehead atoms. The Hall–Kier alpha value is -2.64. The van der Waals surface area contributed by atoms with E-state index < -0.39 is 17.7 Å². The van der Waals surface area contributed by atoms with E-state index in [1.165, 1.54) is 12.7 Å². The second kappa shape index (κ2) is 8.48. The molecule has 0 saturated carbocycles. The largest absolute Gasteiger partial charge is 0.493 e. The van der Waals surface area contributed by atoms with Crippen LogP contribution in [-0.4, -0.2) is 35.1 Å². The van der Waals surface area contributed by atoms with E-state index >= 15 is 0 Å². The first kappa shape index (κ1) is 21.6. The smallest absolute Gasteiger partial charge is 0.341 e. The summed E-state index contributed by atoms with van der Waals surface area (Å²) in [5.41, 5.74) is 5.00. The van der Waals surface area contributed by atoms with Gasteiger partial charge in [-0.15, -0.1) is 0 Å². The van der Waals surface area contributed by atoms with Crippen molar-refractivity contribution < 1.29 is 19.0 Å². The van der Waals surface area contributed by atoms with Gasteiger partial charge in [0.25, 0.3) is 0 Å². The van der Waals surface area contributed by atoms with Crippen LogP contribution in [0.4, 0.5) is 0 Å². The molecule has 0 fully saturated rings. The van der Waals surface area contributed by atoms with Crippen molar-refractivity contribution in [2.45, 2.75) is 45.3 Å². The number of nitrogens with zero attached hydrogens (tertiary/aromatic N) is 2. The fourth-order valence-corrected chi connectivity index (χ4v) is 4.56. The van der Waals surface area contributed by atoms with E-state index in [1.807, 2.05) is 51.4 Å². The molecule has 0 aliphatic carbocycles. The van der Waals surface area contributed by atoms with Gasteiger partial charge in [-0.1, -0.05) is 6.07 Å². The molecule has 6 nitrogen and oxygen atoms in total. The molecule has 0 amide bonds. The van der Waals surface area contributed by atoms with Crippen molar-refractivity contribution in [3.8, 4) is 28.1 Å². The highest BCUT2D eigenvalue weighted by molar-refractivity contribution is 7.08. The molecule has 7 heteroatoms. The Kier molecular flexibility index (Phi) is 5.90. The zero-order valence-corrected chi connectivity index (χ0v) is 19.4. The van der Waals surface area contributed by atoms with Crippen LogP contribution >= 0.6 is 11.3 Å². The molecule has 0 N–H and O–H groups in total. The molecule has 1 aliphatic rings. The van der Waals surface area contributed by atoms with Crippen LogP contribution in [-0.2, 0) is 27.7 Å². The maximum atomic E-state index is 12.8. The zero-order chi connectivity index (χ0) is 22.2. The standard InChI is InChI=1S/C24H28N2O4S/c1-24(2,3)30-22(23(27)28-5)21-19(20(25-26(21)4)17-10-12-31-14-17)16-8-9-18-15(13-16)7-6-11-29-18/h8-10,12-14,22H,6-7,11H2,1-5H3. The van der Waals surface area contributed by atoms with Gasteiger partial charge < -0.3 is 14.2 Å². The molecule has 164 valence electrons. The second-order valence-electron chi connectivity index (χ2n) is 8.65. The summed E-state index contributed by atoms with van der Waals surface area (Å²) in [6.45, 7) is 6.52. The number of ether oxygens (including phenoxy) is 3. The van der Waals surface area contributed by atoms with Gasteiger partial charge in [-0.3, -0.25) is 4.68 Å². The SMILES string of the molecule is COC(=O)C(OC(C)(C)C)c1c(-c2ccc3c(c2)CCCO3)c(-c2ccsc2)nn1C. The molecular weight excluding hydrogens is 412 g/mol. The van der Waals surface area contributed by atoms with Crippen LogP contribution in [0, 0.1) is 0 Å². The minimum Gasteiger partial charge on any atom is -0.493 e. The van der Waals surface area contributed by atoms with Crippen LogP contribution in [0.2, 0.25) is 0 Å². The minimum absolute atomic E-state index is 0.447. The molecular formula is C24H28N2O4S. The molecule has 0 spiro atoms. The Bertz CT molecular complexity index is 1080. The van der Waals surface area contributed by atoms with Crippen LogP contribution in [0.25, 0.3) is 22.4 Å². The Labute approximate surface area is 186 Å². The van der Waals surface area contributed by atoms with Gasteiger partial charge in [0.05, 0.1) is 25.0 Å². The number of thiophene rings is 1. The number of benzene rings is 1. The lowest BCUT2D eigenvalue weighted by molar-refractivity contribution is -0.165. The number of methoxy groups -OCH3 is 1. The van der Waals surface area contributed by atoms with Gasteiger partial charge in [-0.25, -0.2) is 4.79 Å². The van der Waals surface area contributed by atoms with Gasteiger partial charge in [-0.2, -0.15) is 16.4 Å². The third kappa shape index (κ3) is 4.38. The first-order valence-electron chi connectivity index (χ1n) is 10.4. The number of aryl methyl sites for hydroxylation is 2. The lowest BCUT2D eigenvalue weighted by Gasteiger charge is -2.27. The van der Waals surface area contributed by atoms with Crippen LogP contribution < -0.4 is 4.74 Å². The van der Waals surface area contributed by atoms with Gasteiger partial charge >= 0.3 is 5.97 Å². The monoisotopic (exact) mass is 440 g/mol. The molecule has 1 unspecified atom stereocenters.